The zero-order valence-electron chi connectivity index (χ0n) is 11.1. The van der Waals surface area contributed by atoms with Crippen LogP contribution in [0, 0.1) is 29.1 Å². The van der Waals surface area contributed by atoms with Crippen LogP contribution < -0.4 is 5.73 Å². The van der Waals surface area contributed by atoms with Gasteiger partial charge in [0.2, 0.25) is 5.91 Å². The van der Waals surface area contributed by atoms with Crippen LogP contribution in [0.5, 0.6) is 0 Å². The first-order valence-corrected chi connectivity index (χ1v) is 7.04. The molecule has 3 atom stereocenters. The highest BCUT2D eigenvalue weighted by molar-refractivity contribution is 5.76. The minimum Gasteiger partial charge on any atom is -0.369 e. The molecule has 1 aliphatic heterocycles. The number of amides is 1. The maximum absolute atomic E-state index is 11.2. The van der Waals surface area contributed by atoms with Crippen LogP contribution in [-0.4, -0.2) is 29.9 Å². The molecular formula is C14H23N3O. The van der Waals surface area contributed by atoms with Crippen LogP contribution in [0.3, 0.4) is 0 Å². The van der Waals surface area contributed by atoms with Crippen LogP contribution in [0.1, 0.15) is 39.0 Å². The molecule has 1 aliphatic carbocycles. The van der Waals surface area contributed by atoms with Gasteiger partial charge >= 0.3 is 0 Å². The number of carbonyl (C=O) groups is 1. The Morgan fingerprint density at radius 1 is 1.28 bits per heavy atom. The fraction of sp³-hybridized carbons (Fsp3) is 0.857. The molecule has 1 saturated carbocycles. The van der Waals surface area contributed by atoms with E-state index in [9.17, 15) is 10.1 Å². The number of nitriles is 1. The number of piperidine rings is 1. The molecule has 0 aromatic carbocycles. The van der Waals surface area contributed by atoms with Gasteiger partial charge in [0.1, 0.15) is 0 Å². The Morgan fingerprint density at radius 3 is 2.50 bits per heavy atom. The SMILES string of the molecule is CC1CCC(C#N)C(N2CCC(C(N)=O)CC2)C1. The van der Waals surface area contributed by atoms with Crippen molar-refractivity contribution in [1.29, 1.82) is 5.26 Å². The standard InChI is InChI=1S/C14H23N3O/c1-10-2-3-12(9-15)13(8-10)17-6-4-11(5-7-17)14(16)18/h10-13H,2-8H2,1H3,(H2,16,18). The molecule has 100 valence electrons. The van der Waals surface area contributed by atoms with Gasteiger partial charge in [-0.15, -0.1) is 0 Å². The lowest BCUT2D eigenvalue weighted by atomic mass is 9.78. The molecule has 3 unspecified atom stereocenters. The van der Waals surface area contributed by atoms with Crippen LogP contribution in [-0.2, 0) is 4.79 Å². The number of hydrogen-bond acceptors (Lipinski definition) is 3. The fourth-order valence-corrected chi connectivity index (χ4v) is 3.42. The molecule has 4 heteroatoms. The highest BCUT2D eigenvalue weighted by Crippen LogP contribution is 2.33. The zero-order valence-corrected chi connectivity index (χ0v) is 11.1. The monoisotopic (exact) mass is 249 g/mol. The summed E-state index contributed by atoms with van der Waals surface area (Å²) in [4.78, 5) is 13.6. The van der Waals surface area contributed by atoms with Gasteiger partial charge in [-0.1, -0.05) is 6.92 Å². The van der Waals surface area contributed by atoms with Crippen molar-refractivity contribution >= 4 is 5.91 Å². The second-order valence-electron chi connectivity index (χ2n) is 5.93. The third kappa shape index (κ3) is 2.84. The topological polar surface area (TPSA) is 70.1 Å². The first-order valence-electron chi connectivity index (χ1n) is 7.04. The Morgan fingerprint density at radius 2 is 1.94 bits per heavy atom. The third-order valence-electron chi connectivity index (χ3n) is 4.65. The normalized spacial score (nSPS) is 35.0. The summed E-state index contributed by atoms with van der Waals surface area (Å²) in [5, 5.41) is 9.27. The number of rotatable bonds is 2. The molecule has 1 heterocycles. The molecule has 18 heavy (non-hydrogen) atoms. The summed E-state index contributed by atoms with van der Waals surface area (Å²) in [5.74, 6) is 0.770. The summed E-state index contributed by atoms with van der Waals surface area (Å²) in [6.07, 6.45) is 5.04. The van der Waals surface area contributed by atoms with Crippen molar-refractivity contribution in [2.45, 2.75) is 45.1 Å². The average Bonchev–Trinajstić information content (AvgIpc) is 2.39. The van der Waals surface area contributed by atoms with Crippen LogP contribution in [0.4, 0.5) is 0 Å². The number of primary amides is 1. The number of carbonyl (C=O) groups excluding carboxylic acids is 1. The minimum absolute atomic E-state index is 0.0443. The van der Waals surface area contributed by atoms with E-state index in [2.05, 4.69) is 17.9 Å². The van der Waals surface area contributed by atoms with E-state index in [0.717, 1.165) is 38.8 Å². The first kappa shape index (κ1) is 13.4. The van der Waals surface area contributed by atoms with E-state index < -0.39 is 0 Å². The highest BCUT2D eigenvalue weighted by Gasteiger charge is 2.35. The summed E-state index contributed by atoms with van der Waals surface area (Å²) >= 11 is 0. The Labute approximate surface area is 109 Å². The lowest BCUT2D eigenvalue weighted by Gasteiger charge is -2.42. The largest absolute Gasteiger partial charge is 0.369 e. The molecule has 4 nitrogen and oxygen atoms in total. The summed E-state index contributed by atoms with van der Waals surface area (Å²) in [6, 6.07) is 2.87. The van der Waals surface area contributed by atoms with E-state index in [1.54, 1.807) is 0 Å². The minimum atomic E-state index is -0.163. The van der Waals surface area contributed by atoms with Gasteiger partial charge in [-0.25, -0.2) is 0 Å². The van der Waals surface area contributed by atoms with E-state index in [1.807, 2.05) is 0 Å². The van der Waals surface area contributed by atoms with E-state index in [-0.39, 0.29) is 17.7 Å². The number of nitrogens with two attached hydrogens (primary N) is 1. The van der Waals surface area contributed by atoms with Gasteiger partial charge in [0, 0.05) is 12.0 Å². The Bertz CT molecular complexity index is 341. The number of hydrogen-bond donors (Lipinski definition) is 1. The molecule has 0 spiro atoms. The quantitative estimate of drug-likeness (QED) is 0.806. The zero-order chi connectivity index (χ0) is 13.1. The molecule has 1 amide bonds. The predicted octanol–water partition coefficient (Wildman–Crippen LogP) is 1.51. The summed E-state index contributed by atoms with van der Waals surface area (Å²) in [7, 11) is 0. The molecule has 2 aliphatic rings. The van der Waals surface area contributed by atoms with Gasteiger partial charge in [0.05, 0.1) is 12.0 Å². The van der Waals surface area contributed by atoms with Crippen molar-refractivity contribution in [3.8, 4) is 6.07 Å². The maximum atomic E-state index is 11.2. The van der Waals surface area contributed by atoms with Gasteiger partial charge in [0.15, 0.2) is 0 Å². The molecule has 0 radical (unpaired) electrons. The average molecular weight is 249 g/mol. The Balaban J connectivity index is 1.95. The molecular weight excluding hydrogens is 226 g/mol. The van der Waals surface area contributed by atoms with E-state index in [4.69, 9.17) is 5.73 Å². The van der Waals surface area contributed by atoms with Gasteiger partial charge in [0.25, 0.3) is 0 Å². The Hall–Kier alpha value is -1.08. The Kier molecular flexibility index (Phi) is 4.23. The van der Waals surface area contributed by atoms with Crippen LogP contribution in [0.25, 0.3) is 0 Å². The van der Waals surface area contributed by atoms with Gasteiger partial charge in [-0.3, -0.25) is 9.69 Å². The third-order valence-corrected chi connectivity index (χ3v) is 4.65. The summed E-state index contributed by atoms with van der Waals surface area (Å²) < 4.78 is 0. The lowest BCUT2D eigenvalue weighted by Crippen LogP contribution is -2.48. The maximum Gasteiger partial charge on any atom is 0.220 e. The van der Waals surface area contributed by atoms with Gasteiger partial charge in [-0.05, 0) is 51.1 Å². The molecule has 2 fully saturated rings. The second kappa shape index (κ2) is 5.71. The van der Waals surface area contributed by atoms with Gasteiger partial charge < -0.3 is 5.73 Å². The van der Waals surface area contributed by atoms with Crippen molar-refractivity contribution < 1.29 is 4.79 Å². The molecule has 2 rings (SSSR count). The number of likely N-dealkylation sites (tertiary alicyclic amines) is 1. The lowest BCUT2D eigenvalue weighted by molar-refractivity contribution is -0.123. The first-order chi connectivity index (χ1) is 8.61. The summed E-state index contributed by atoms with van der Waals surface area (Å²) in [6.45, 7) is 4.11. The molecule has 2 N–H and O–H groups in total. The predicted molar refractivity (Wildman–Crippen MR) is 69.4 cm³/mol. The fourth-order valence-electron chi connectivity index (χ4n) is 3.42. The van der Waals surface area contributed by atoms with Crippen LogP contribution in [0.2, 0.25) is 0 Å². The highest BCUT2D eigenvalue weighted by atomic mass is 16.1. The van der Waals surface area contributed by atoms with E-state index in [0.29, 0.717) is 12.0 Å². The second-order valence-corrected chi connectivity index (χ2v) is 5.93. The number of nitrogens with zero attached hydrogens (tertiary/aromatic N) is 2. The summed E-state index contributed by atoms with van der Waals surface area (Å²) in [5.41, 5.74) is 5.36. The van der Waals surface area contributed by atoms with Crippen molar-refractivity contribution in [3.05, 3.63) is 0 Å². The molecule has 0 aromatic rings. The van der Waals surface area contributed by atoms with Crippen LogP contribution >= 0.6 is 0 Å². The molecule has 0 aromatic heterocycles. The van der Waals surface area contributed by atoms with E-state index in [1.165, 1.54) is 6.42 Å². The van der Waals surface area contributed by atoms with Gasteiger partial charge in [-0.2, -0.15) is 5.26 Å². The molecule has 0 bridgehead atoms. The van der Waals surface area contributed by atoms with Crippen molar-refractivity contribution in [2.75, 3.05) is 13.1 Å². The van der Waals surface area contributed by atoms with Crippen molar-refractivity contribution in [3.63, 3.8) is 0 Å². The molecule has 1 saturated heterocycles. The van der Waals surface area contributed by atoms with Crippen molar-refractivity contribution in [1.82, 2.24) is 4.90 Å². The van der Waals surface area contributed by atoms with Crippen LogP contribution in [0.15, 0.2) is 0 Å². The van der Waals surface area contributed by atoms with E-state index >= 15 is 0 Å². The smallest absolute Gasteiger partial charge is 0.220 e. The van der Waals surface area contributed by atoms with Crippen molar-refractivity contribution in [2.24, 2.45) is 23.5 Å².